The lowest BCUT2D eigenvalue weighted by Gasteiger charge is -2.18. The summed E-state index contributed by atoms with van der Waals surface area (Å²) in [5.41, 5.74) is 1.77. The average Bonchev–Trinajstić information content (AvgIpc) is 3.10. The van der Waals surface area contributed by atoms with Crippen molar-refractivity contribution in [2.75, 3.05) is 11.9 Å². The molecule has 3 atom stereocenters. The first-order valence-corrected chi connectivity index (χ1v) is 7.71. The number of benzene rings is 1. The Balaban J connectivity index is 1.58. The van der Waals surface area contributed by atoms with E-state index < -0.39 is 0 Å². The highest BCUT2D eigenvalue weighted by molar-refractivity contribution is 6.03. The molecule has 1 saturated heterocycles. The fourth-order valence-corrected chi connectivity index (χ4v) is 3.90. The molecule has 2 aliphatic rings. The summed E-state index contributed by atoms with van der Waals surface area (Å²) in [6, 6.07) is 9.71. The molecule has 3 unspecified atom stereocenters. The third-order valence-corrected chi connectivity index (χ3v) is 4.93. The molecule has 2 aromatic rings. The summed E-state index contributed by atoms with van der Waals surface area (Å²) in [6.07, 6.45) is 5.47. The Kier molecular flexibility index (Phi) is 3.11. The highest BCUT2D eigenvalue weighted by atomic mass is 16.2. The molecule has 1 aliphatic carbocycles. The van der Waals surface area contributed by atoms with Crippen molar-refractivity contribution in [3.8, 4) is 0 Å². The summed E-state index contributed by atoms with van der Waals surface area (Å²) >= 11 is 0. The van der Waals surface area contributed by atoms with Crippen molar-refractivity contribution in [2.24, 2.45) is 11.8 Å². The maximum Gasteiger partial charge on any atom is 0.241 e. The first kappa shape index (κ1) is 12.8. The van der Waals surface area contributed by atoms with Crippen LogP contribution in [0.4, 0.5) is 5.69 Å². The van der Waals surface area contributed by atoms with E-state index in [4.69, 9.17) is 0 Å². The molecule has 1 aromatic carbocycles. The molecule has 2 fully saturated rings. The summed E-state index contributed by atoms with van der Waals surface area (Å²) < 4.78 is 0. The van der Waals surface area contributed by atoms with E-state index in [0.29, 0.717) is 11.8 Å². The Morgan fingerprint density at radius 1 is 1.24 bits per heavy atom. The largest absolute Gasteiger partial charge is 0.324 e. The molecule has 2 N–H and O–H groups in total. The summed E-state index contributed by atoms with van der Waals surface area (Å²) in [6.45, 7) is 0.986. The fourth-order valence-electron chi connectivity index (χ4n) is 3.90. The van der Waals surface area contributed by atoms with E-state index in [1.54, 1.807) is 6.20 Å². The van der Waals surface area contributed by atoms with E-state index in [9.17, 15) is 4.79 Å². The van der Waals surface area contributed by atoms with Gasteiger partial charge in [-0.2, -0.15) is 0 Å². The first-order valence-electron chi connectivity index (χ1n) is 7.71. The molecule has 0 bridgehead atoms. The number of rotatable bonds is 2. The number of carbonyl (C=O) groups excluding carboxylic acids is 1. The van der Waals surface area contributed by atoms with Gasteiger partial charge in [0, 0.05) is 11.6 Å². The maximum atomic E-state index is 12.6. The van der Waals surface area contributed by atoms with Gasteiger partial charge in [-0.05, 0) is 55.5 Å². The van der Waals surface area contributed by atoms with Crippen LogP contribution in [0.5, 0.6) is 0 Å². The minimum absolute atomic E-state index is 0.0376. The quantitative estimate of drug-likeness (QED) is 0.889. The maximum absolute atomic E-state index is 12.6. The van der Waals surface area contributed by atoms with Gasteiger partial charge in [-0.3, -0.25) is 9.78 Å². The number of hydrogen-bond acceptors (Lipinski definition) is 3. The fraction of sp³-hybridized carbons (Fsp3) is 0.412. The third-order valence-electron chi connectivity index (χ3n) is 4.93. The highest BCUT2D eigenvalue weighted by Crippen LogP contribution is 2.38. The van der Waals surface area contributed by atoms with Gasteiger partial charge in [-0.15, -0.1) is 0 Å². The molecule has 1 aliphatic heterocycles. The van der Waals surface area contributed by atoms with Crippen LogP contribution in [-0.4, -0.2) is 23.5 Å². The highest BCUT2D eigenvalue weighted by Gasteiger charge is 2.42. The predicted molar refractivity (Wildman–Crippen MR) is 83.0 cm³/mol. The zero-order valence-corrected chi connectivity index (χ0v) is 11.9. The summed E-state index contributed by atoms with van der Waals surface area (Å²) in [5.74, 6) is 1.30. The normalized spacial score (nSPS) is 27.7. The smallest absolute Gasteiger partial charge is 0.241 e. The molecule has 4 rings (SSSR count). The Morgan fingerprint density at radius 3 is 3.14 bits per heavy atom. The van der Waals surface area contributed by atoms with Gasteiger partial charge in [0.05, 0.1) is 17.2 Å². The van der Waals surface area contributed by atoms with Crippen molar-refractivity contribution < 1.29 is 4.79 Å². The lowest BCUT2D eigenvalue weighted by Crippen LogP contribution is -2.39. The molecule has 21 heavy (non-hydrogen) atoms. The van der Waals surface area contributed by atoms with E-state index in [0.717, 1.165) is 23.1 Å². The van der Waals surface area contributed by atoms with Crippen molar-refractivity contribution >= 4 is 22.5 Å². The SMILES string of the molecule is O=C(Nc1cccc2ncccc12)C1NCC2CCCC21. The predicted octanol–water partition coefficient (Wildman–Crippen LogP) is 2.56. The number of hydrogen-bond donors (Lipinski definition) is 2. The number of pyridine rings is 1. The second-order valence-corrected chi connectivity index (χ2v) is 6.11. The van der Waals surface area contributed by atoms with Crippen LogP contribution in [0.3, 0.4) is 0 Å². The minimum Gasteiger partial charge on any atom is -0.324 e. The molecule has 4 nitrogen and oxygen atoms in total. The summed E-state index contributed by atoms with van der Waals surface area (Å²) in [7, 11) is 0. The average molecular weight is 281 g/mol. The Morgan fingerprint density at radius 2 is 2.19 bits per heavy atom. The standard InChI is InChI=1S/C17H19N3O/c21-17(16-12-5-1-4-11(12)10-19-16)20-15-8-2-7-14-13(15)6-3-9-18-14/h2-3,6-9,11-12,16,19H,1,4-5,10H2,(H,20,21). The zero-order chi connectivity index (χ0) is 14.2. The van der Waals surface area contributed by atoms with Gasteiger partial charge in [0.1, 0.15) is 0 Å². The minimum atomic E-state index is -0.0376. The van der Waals surface area contributed by atoms with Gasteiger partial charge in [0.15, 0.2) is 0 Å². The van der Waals surface area contributed by atoms with Gasteiger partial charge in [-0.1, -0.05) is 12.5 Å². The molecule has 1 aromatic heterocycles. The molecule has 4 heteroatoms. The van der Waals surface area contributed by atoms with E-state index in [-0.39, 0.29) is 11.9 Å². The van der Waals surface area contributed by atoms with Gasteiger partial charge in [-0.25, -0.2) is 0 Å². The number of amides is 1. The van der Waals surface area contributed by atoms with Gasteiger partial charge < -0.3 is 10.6 Å². The van der Waals surface area contributed by atoms with Crippen LogP contribution < -0.4 is 10.6 Å². The summed E-state index contributed by atoms with van der Waals surface area (Å²) in [5, 5.41) is 7.49. The van der Waals surface area contributed by atoms with Gasteiger partial charge in [0.2, 0.25) is 5.91 Å². The molecule has 108 valence electrons. The van der Waals surface area contributed by atoms with Crippen LogP contribution in [0.25, 0.3) is 10.9 Å². The monoisotopic (exact) mass is 281 g/mol. The van der Waals surface area contributed by atoms with Crippen molar-refractivity contribution in [1.82, 2.24) is 10.3 Å². The zero-order valence-electron chi connectivity index (χ0n) is 11.9. The summed E-state index contributed by atoms with van der Waals surface area (Å²) in [4.78, 5) is 16.9. The van der Waals surface area contributed by atoms with Crippen LogP contribution in [0.2, 0.25) is 0 Å². The Hall–Kier alpha value is -1.94. The van der Waals surface area contributed by atoms with E-state index >= 15 is 0 Å². The van der Waals surface area contributed by atoms with Crippen LogP contribution >= 0.6 is 0 Å². The molecular weight excluding hydrogens is 262 g/mol. The van der Waals surface area contributed by atoms with Crippen molar-refractivity contribution in [1.29, 1.82) is 0 Å². The van der Waals surface area contributed by atoms with Crippen LogP contribution in [0.15, 0.2) is 36.5 Å². The Bertz CT molecular complexity index is 679. The second kappa shape index (κ2) is 5.11. The van der Waals surface area contributed by atoms with Crippen molar-refractivity contribution in [3.05, 3.63) is 36.5 Å². The number of aromatic nitrogens is 1. The third kappa shape index (κ3) is 2.20. The topological polar surface area (TPSA) is 54.0 Å². The lowest BCUT2D eigenvalue weighted by molar-refractivity contribution is -0.118. The lowest BCUT2D eigenvalue weighted by atomic mass is 9.93. The second-order valence-electron chi connectivity index (χ2n) is 6.11. The molecule has 1 amide bonds. The van der Waals surface area contributed by atoms with Gasteiger partial charge in [0.25, 0.3) is 0 Å². The van der Waals surface area contributed by atoms with Crippen LogP contribution in [-0.2, 0) is 4.79 Å². The van der Waals surface area contributed by atoms with E-state index in [2.05, 4.69) is 15.6 Å². The number of fused-ring (bicyclic) bond motifs is 2. The van der Waals surface area contributed by atoms with Crippen molar-refractivity contribution in [2.45, 2.75) is 25.3 Å². The Labute approximate surface area is 124 Å². The van der Waals surface area contributed by atoms with E-state index in [1.165, 1.54) is 19.3 Å². The van der Waals surface area contributed by atoms with Crippen LogP contribution in [0, 0.1) is 11.8 Å². The number of nitrogens with one attached hydrogen (secondary N) is 2. The van der Waals surface area contributed by atoms with Crippen LogP contribution in [0.1, 0.15) is 19.3 Å². The van der Waals surface area contributed by atoms with E-state index in [1.807, 2.05) is 30.3 Å². The molecule has 0 radical (unpaired) electrons. The molecular formula is C17H19N3O. The number of anilines is 1. The van der Waals surface area contributed by atoms with Crippen molar-refractivity contribution in [3.63, 3.8) is 0 Å². The number of carbonyl (C=O) groups is 1. The molecule has 2 heterocycles. The molecule has 1 saturated carbocycles. The number of nitrogens with zero attached hydrogens (tertiary/aromatic N) is 1. The van der Waals surface area contributed by atoms with Gasteiger partial charge >= 0.3 is 0 Å². The molecule has 0 spiro atoms. The first-order chi connectivity index (χ1) is 10.3.